The number of alkyl halides is 3. The predicted octanol–water partition coefficient (Wildman–Crippen LogP) is 3.43. The molecule has 0 saturated heterocycles. The molecule has 2 aromatic rings. The number of imide groups is 1. The normalized spacial score (nSPS) is 20.7. The highest BCUT2D eigenvalue weighted by Gasteiger charge is 2.56. The Morgan fingerprint density at radius 3 is 2.42 bits per heavy atom. The zero-order chi connectivity index (χ0) is 18.9. The van der Waals surface area contributed by atoms with Crippen LogP contribution in [0, 0.1) is 5.82 Å². The van der Waals surface area contributed by atoms with Crippen molar-refractivity contribution >= 4 is 28.9 Å². The van der Waals surface area contributed by atoms with Crippen molar-refractivity contribution in [1.29, 1.82) is 0 Å². The molecule has 0 aromatic heterocycles. The smallest absolute Gasteiger partial charge is 0.349 e. The van der Waals surface area contributed by atoms with Gasteiger partial charge in [-0.25, -0.2) is 9.29 Å². The number of anilines is 3. The molecule has 134 valence electrons. The number of benzene rings is 2. The van der Waals surface area contributed by atoms with Crippen LogP contribution in [0.4, 0.5) is 34.6 Å². The van der Waals surface area contributed by atoms with Crippen LogP contribution in [0.3, 0.4) is 0 Å². The monoisotopic (exact) mass is 365 g/mol. The summed E-state index contributed by atoms with van der Waals surface area (Å²) in [6, 6.07) is 6.38. The van der Waals surface area contributed by atoms with Gasteiger partial charge in [0.2, 0.25) is 11.6 Å². The Hall–Kier alpha value is -3.10. The number of hydrogen-bond acceptors (Lipinski definition) is 4. The molecule has 2 aliphatic rings. The third-order valence-corrected chi connectivity index (χ3v) is 4.43. The van der Waals surface area contributed by atoms with Gasteiger partial charge in [0.1, 0.15) is 5.82 Å². The minimum absolute atomic E-state index is 0.0359. The summed E-state index contributed by atoms with van der Waals surface area (Å²) < 4.78 is 52.6. The summed E-state index contributed by atoms with van der Waals surface area (Å²) in [6.45, 7) is 1.17. The molecule has 1 unspecified atom stereocenters. The maximum atomic E-state index is 13.8. The molecule has 26 heavy (non-hydrogen) atoms. The molecule has 0 saturated carbocycles. The third-order valence-electron chi connectivity index (χ3n) is 4.43. The first-order valence-electron chi connectivity index (χ1n) is 7.56. The van der Waals surface area contributed by atoms with Crippen LogP contribution in [0.25, 0.3) is 0 Å². The van der Waals surface area contributed by atoms with Crippen LogP contribution >= 0.6 is 0 Å². The summed E-state index contributed by atoms with van der Waals surface area (Å²) in [4.78, 5) is 25.7. The average Bonchev–Trinajstić information content (AvgIpc) is 3.04. The van der Waals surface area contributed by atoms with Crippen molar-refractivity contribution in [2.24, 2.45) is 0 Å². The summed E-state index contributed by atoms with van der Waals surface area (Å²) in [6.07, 6.45) is -4.55. The lowest BCUT2D eigenvalue weighted by Crippen LogP contribution is -2.49. The maximum Gasteiger partial charge on any atom is 0.416 e. The molecule has 1 spiro atoms. The lowest BCUT2D eigenvalue weighted by Gasteiger charge is -2.24. The highest BCUT2D eigenvalue weighted by molar-refractivity contribution is 6.24. The number of carbonyl (C=O) groups is 2. The van der Waals surface area contributed by atoms with Crippen molar-refractivity contribution in [1.82, 2.24) is 0 Å². The molecule has 2 heterocycles. The van der Waals surface area contributed by atoms with E-state index in [1.54, 1.807) is 0 Å². The van der Waals surface area contributed by atoms with Gasteiger partial charge in [0.25, 0.3) is 5.91 Å². The maximum absolute atomic E-state index is 13.8. The van der Waals surface area contributed by atoms with Gasteiger partial charge >= 0.3 is 6.18 Å². The molecule has 5 nitrogen and oxygen atoms in total. The number of halogens is 4. The second-order valence-corrected chi connectivity index (χ2v) is 6.08. The summed E-state index contributed by atoms with van der Waals surface area (Å²) >= 11 is 0. The lowest BCUT2D eigenvalue weighted by atomic mass is 10.0. The van der Waals surface area contributed by atoms with Crippen LogP contribution < -0.4 is 15.5 Å². The molecular formula is C17H11F4N3O2. The number of nitrogens with zero attached hydrogens (tertiary/aromatic N) is 1. The summed E-state index contributed by atoms with van der Waals surface area (Å²) in [5.74, 6) is -1.97. The highest BCUT2D eigenvalue weighted by atomic mass is 19.4. The number of nitrogens with one attached hydrogen (secondary N) is 2. The molecular weight excluding hydrogens is 354 g/mol. The van der Waals surface area contributed by atoms with Gasteiger partial charge in [-0.3, -0.25) is 9.59 Å². The zero-order valence-corrected chi connectivity index (χ0v) is 13.2. The highest BCUT2D eigenvalue weighted by Crippen LogP contribution is 2.49. The van der Waals surface area contributed by atoms with E-state index in [2.05, 4.69) is 10.6 Å². The van der Waals surface area contributed by atoms with Gasteiger partial charge in [0.05, 0.1) is 22.6 Å². The first-order chi connectivity index (χ1) is 12.1. The number of fused-ring (bicyclic) bond motifs is 3. The van der Waals surface area contributed by atoms with Crippen LogP contribution in [0.5, 0.6) is 0 Å². The second-order valence-electron chi connectivity index (χ2n) is 6.08. The zero-order valence-electron chi connectivity index (χ0n) is 13.2. The Balaban J connectivity index is 1.86. The van der Waals surface area contributed by atoms with E-state index in [1.807, 2.05) is 0 Å². The molecule has 4 rings (SSSR count). The molecule has 9 heteroatoms. The van der Waals surface area contributed by atoms with Gasteiger partial charge in [-0.05, 0) is 36.4 Å². The molecule has 0 fully saturated rings. The summed E-state index contributed by atoms with van der Waals surface area (Å²) in [5.41, 5.74) is -2.05. The fourth-order valence-electron chi connectivity index (χ4n) is 3.32. The number of rotatable bonds is 0. The minimum atomic E-state index is -4.55. The number of hydrogen-bond donors (Lipinski definition) is 2. The lowest BCUT2D eigenvalue weighted by molar-refractivity contribution is -0.137. The van der Waals surface area contributed by atoms with Crippen LogP contribution in [0.15, 0.2) is 36.4 Å². The Kier molecular flexibility index (Phi) is 3.13. The summed E-state index contributed by atoms with van der Waals surface area (Å²) in [7, 11) is 0. The first-order valence-corrected chi connectivity index (χ1v) is 7.56. The standard InChI is InChI=1S/C17H11F4N3O2/c1-8(25)24-14-5-3-10(18)7-11(14)16(15(24)26)22-12-4-2-9(17(19,20)21)6-13(12)23-16/h2-7,22-23H,1H3. The van der Waals surface area contributed by atoms with Crippen molar-refractivity contribution in [3.05, 3.63) is 53.3 Å². The molecule has 1 atom stereocenters. The fraction of sp³-hybridized carbons (Fsp3) is 0.176. The van der Waals surface area contributed by atoms with Crippen molar-refractivity contribution in [3.63, 3.8) is 0 Å². The van der Waals surface area contributed by atoms with E-state index in [0.717, 1.165) is 29.2 Å². The van der Waals surface area contributed by atoms with Crippen LogP contribution in [-0.2, 0) is 21.4 Å². The van der Waals surface area contributed by atoms with E-state index < -0.39 is 35.0 Å². The average molecular weight is 365 g/mol. The minimum Gasteiger partial charge on any atom is -0.349 e. The van der Waals surface area contributed by atoms with Crippen LogP contribution in [0.1, 0.15) is 18.1 Å². The van der Waals surface area contributed by atoms with Gasteiger partial charge in [0, 0.05) is 12.5 Å². The van der Waals surface area contributed by atoms with Gasteiger partial charge in [-0.1, -0.05) is 0 Å². The van der Waals surface area contributed by atoms with E-state index in [9.17, 15) is 27.2 Å². The van der Waals surface area contributed by atoms with E-state index in [4.69, 9.17) is 0 Å². The Bertz CT molecular complexity index is 973. The Morgan fingerprint density at radius 2 is 1.77 bits per heavy atom. The molecule has 0 bridgehead atoms. The predicted molar refractivity (Wildman–Crippen MR) is 84.9 cm³/mol. The van der Waals surface area contributed by atoms with Crippen LogP contribution in [0.2, 0.25) is 0 Å². The molecule has 0 aliphatic carbocycles. The van der Waals surface area contributed by atoms with Gasteiger partial charge in [-0.2, -0.15) is 13.2 Å². The molecule has 2 amide bonds. The van der Waals surface area contributed by atoms with E-state index >= 15 is 0 Å². The Morgan fingerprint density at radius 1 is 1.08 bits per heavy atom. The number of amides is 2. The van der Waals surface area contributed by atoms with Crippen molar-refractivity contribution in [3.8, 4) is 0 Å². The SMILES string of the molecule is CC(=O)N1C(=O)C2(Nc3ccc(C(F)(F)F)cc3N2)c2cc(F)ccc21. The van der Waals surface area contributed by atoms with Crippen molar-refractivity contribution in [2.45, 2.75) is 18.8 Å². The van der Waals surface area contributed by atoms with E-state index in [0.29, 0.717) is 0 Å². The van der Waals surface area contributed by atoms with Gasteiger partial charge in [0.15, 0.2) is 0 Å². The quantitative estimate of drug-likeness (QED) is 0.703. The molecule has 2 aromatic carbocycles. The Labute approximate surface area is 144 Å². The van der Waals surface area contributed by atoms with Crippen LogP contribution in [-0.4, -0.2) is 11.8 Å². The van der Waals surface area contributed by atoms with Gasteiger partial charge in [-0.15, -0.1) is 0 Å². The van der Waals surface area contributed by atoms with Crippen molar-refractivity contribution < 1.29 is 27.2 Å². The summed E-state index contributed by atoms with van der Waals surface area (Å²) in [5, 5.41) is 5.54. The van der Waals surface area contributed by atoms with Gasteiger partial charge < -0.3 is 10.6 Å². The van der Waals surface area contributed by atoms with E-state index in [-0.39, 0.29) is 22.6 Å². The fourth-order valence-corrected chi connectivity index (χ4v) is 3.32. The molecule has 2 aliphatic heterocycles. The molecule has 0 radical (unpaired) electrons. The number of carbonyl (C=O) groups excluding carboxylic acids is 2. The second kappa shape index (κ2) is 4.96. The topological polar surface area (TPSA) is 61.4 Å². The van der Waals surface area contributed by atoms with Crippen molar-refractivity contribution in [2.75, 3.05) is 15.5 Å². The van der Waals surface area contributed by atoms with E-state index in [1.165, 1.54) is 19.1 Å². The third kappa shape index (κ3) is 2.09. The largest absolute Gasteiger partial charge is 0.416 e. The molecule has 2 N–H and O–H groups in total. The first kappa shape index (κ1) is 16.4.